The number of benzene rings is 1. The Morgan fingerprint density at radius 2 is 2.15 bits per heavy atom. The monoisotopic (exact) mass is 307 g/mol. The number of Topliss-reactive ketones (excluding diaryl/α,β-unsaturated/α-hetero) is 1. The van der Waals surface area contributed by atoms with E-state index in [0.29, 0.717) is 22.0 Å². The van der Waals surface area contributed by atoms with Crippen LogP contribution in [-0.4, -0.2) is 5.78 Å². The van der Waals surface area contributed by atoms with E-state index in [4.69, 9.17) is 27.6 Å². The van der Waals surface area contributed by atoms with Gasteiger partial charge in [0.15, 0.2) is 5.78 Å². The average molecular weight is 308 g/mol. The summed E-state index contributed by atoms with van der Waals surface area (Å²) in [6, 6.07) is 10.3. The lowest BCUT2D eigenvalue weighted by Crippen LogP contribution is -2.12. The van der Waals surface area contributed by atoms with E-state index in [9.17, 15) is 10.1 Å². The van der Waals surface area contributed by atoms with Gasteiger partial charge in [0.1, 0.15) is 11.7 Å². The summed E-state index contributed by atoms with van der Waals surface area (Å²) in [7, 11) is 0. The van der Waals surface area contributed by atoms with Crippen molar-refractivity contribution < 1.29 is 9.21 Å². The van der Waals surface area contributed by atoms with Gasteiger partial charge in [-0.05, 0) is 29.8 Å². The second kappa shape index (κ2) is 6.60. The van der Waals surface area contributed by atoms with Crippen LogP contribution in [0.25, 0.3) is 0 Å². The van der Waals surface area contributed by atoms with Crippen LogP contribution in [0.2, 0.25) is 10.0 Å². The highest BCUT2D eigenvalue weighted by Gasteiger charge is 2.22. The van der Waals surface area contributed by atoms with Crippen LogP contribution in [0, 0.1) is 11.3 Å². The second-order valence-corrected chi connectivity index (χ2v) is 5.12. The number of hydrogen-bond donors (Lipinski definition) is 0. The first-order chi connectivity index (χ1) is 9.61. The van der Waals surface area contributed by atoms with Gasteiger partial charge in [-0.1, -0.05) is 29.3 Å². The summed E-state index contributed by atoms with van der Waals surface area (Å²) >= 11 is 11.8. The zero-order chi connectivity index (χ0) is 14.5. The maximum Gasteiger partial charge on any atom is 0.154 e. The molecule has 0 fully saturated rings. The average Bonchev–Trinajstić information content (AvgIpc) is 2.93. The molecule has 0 aliphatic heterocycles. The molecule has 20 heavy (non-hydrogen) atoms. The number of rotatable bonds is 5. The lowest BCUT2D eigenvalue weighted by atomic mass is 9.93. The Morgan fingerprint density at radius 1 is 1.35 bits per heavy atom. The van der Waals surface area contributed by atoms with Gasteiger partial charge in [0.05, 0.1) is 12.3 Å². The summed E-state index contributed by atoms with van der Waals surface area (Å²) in [5, 5.41) is 10.0. The van der Waals surface area contributed by atoms with Gasteiger partial charge >= 0.3 is 0 Å². The second-order valence-electron chi connectivity index (χ2n) is 4.27. The van der Waals surface area contributed by atoms with E-state index in [-0.39, 0.29) is 12.2 Å². The van der Waals surface area contributed by atoms with E-state index in [1.807, 2.05) is 6.07 Å². The molecule has 2 aromatic rings. The normalized spacial score (nSPS) is 11.8. The first-order valence-electron chi connectivity index (χ1n) is 6.01. The van der Waals surface area contributed by atoms with Crippen molar-refractivity contribution >= 4 is 29.0 Å². The topological polar surface area (TPSA) is 54.0 Å². The molecule has 1 heterocycles. The molecular weight excluding hydrogens is 297 g/mol. The smallest absolute Gasteiger partial charge is 0.154 e. The highest BCUT2D eigenvalue weighted by Crippen LogP contribution is 2.28. The first kappa shape index (κ1) is 14.6. The molecule has 3 nitrogen and oxygen atoms in total. The van der Waals surface area contributed by atoms with Gasteiger partial charge in [0.2, 0.25) is 0 Å². The SMILES string of the molecule is N#CC(C(=O)CCc1ccco1)c1ccc(Cl)cc1Cl. The summed E-state index contributed by atoms with van der Waals surface area (Å²) in [6.07, 6.45) is 2.25. The van der Waals surface area contributed by atoms with E-state index < -0.39 is 5.92 Å². The zero-order valence-corrected chi connectivity index (χ0v) is 12.0. The Labute approximate surface area is 126 Å². The van der Waals surface area contributed by atoms with Crippen LogP contribution in [0.4, 0.5) is 0 Å². The fraction of sp³-hybridized carbons (Fsp3) is 0.200. The van der Waals surface area contributed by atoms with Crippen molar-refractivity contribution in [2.45, 2.75) is 18.8 Å². The summed E-state index contributed by atoms with van der Waals surface area (Å²) < 4.78 is 5.16. The zero-order valence-electron chi connectivity index (χ0n) is 10.5. The number of aryl methyl sites for hydroxylation is 1. The van der Waals surface area contributed by atoms with Crippen LogP contribution in [0.1, 0.15) is 23.7 Å². The molecule has 0 radical (unpaired) electrons. The molecule has 0 saturated heterocycles. The molecule has 2 rings (SSSR count). The minimum Gasteiger partial charge on any atom is -0.469 e. The standard InChI is InChI=1S/C15H11Cl2NO2/c16-10-3-5-12(14(17)8-10)13(9-18)15(19)6-4-11-2-1-7-20-11/h1-3,5,7-8,13H,4,6H2. The van der Waals surface area contributed by atoms with Gasteiger partial charge in [-0.15, -0.1) is 0 Å². The highest BCUT2D eigenvalue weighted by molar-refractivity contribution is 6.35. The Morgan fingerprint density at radius 3 is 2.75 bits per heavy atom. The molecule has 5 heteroatoms. The molecule has 1 unspecified atom stereocenters. The Hall–Kier alpha value is -1.76. The number of furan rings is 1. The van der Waals surface area contributed by atoms with Gasteiger partial charge in [0.25, 0.3) is 0 Å². The van der Waals surface area contributed by atoms with Gasteiger partial charge in [-0.3, -0.25) is 4.79 Å². The van der Waals surface area contributed by atoms with E-state index >= 15 is 0 Å². The van der Waals surface area contributed by atoms with Gasteiger partial charge in [0, 0.05) is 22.9 Å². The number of nitrogens with zero attached hydrogens (tertiary/aromatic N) is 1. The molecule has 1 atom stereocenters. The first-order valence-corrected chi connectivity index (χ1v) is 6.77. The van der Waals surface area contributed by atoms with Crippen molar-refractivity contribution in [2.24, 2.45) is 0 Å². The van der Waals surface area contributed by atoms with E-state index in [0.717, 1.165) is 5.76 Å². The van der Waals surface area contributed by atoms with Crippen molar-refractivity contribution in [1.29, 1.82) is 5.26 Å². The predicted molar refractivity (Wildman–Crippen MR) is 76.9 cm³/mol. The lowest BCUT2D eigenvalue weighted by molar-refractivity contribution is -0.119. The minimum absolute atomic E-state index is 0.187. The van der Waals surface area contributed by atoms with Gasteiger partial charge in [-0.25, -0.2) is 0 Å². The molecule has 1 aromatic carbocycles. The maximum absolute atomic E-state index is 12.2. The van der Waals surface area contributed by atoms with Crippen LogP contribution < -0.4 is 0 Å². The number of hydrogen-bond acceptors (Lipinski definition) is 3. The fourth-order valence-corrected chi connectivity index (χ4v) is 2.41. The van der Waals surface area contributed by atoms with Crippen LogP contribution in [0.15, 0.2) is 41.0 Å². The van der Waals surface area contributed by atoms with Crippen molar-refractivity contribution in [2.75, 3.05) is 0 Å². The van der Waals surface area contributed by atoms with Crippen LogP contribution in [0.5, 0.6) is 0 Å². The van der Waals surface area contributed by atoms with Gasteiger partial charge < -0.3 is 4.42 Å². The Bertz CT molecular complexity index is 644. The number of ketones is 1. The fourth-order valence-electron chi connectivity index (χ4n) is 1.90. The minimum atomic E-state index is -0.880. The number of nitriles is 1. The third-order valence-electron chi connectivity index (χ3n) is 2.92. The van der Waals surface area contributed by atoms with Gasteiger partial charge in [-0.2, -0.15) is 5.26 Å². The van der Waals surface area contributed by atoms with Crippen LogP contribution >= 0.6 is 23.2 Å². The van der Waals surface area contributed by atoms with Crippen molar-refractivity contribution in [3.8, 4) is 6.07 Å². The van der Waals surface area contributed by atoms with Crippen LogP contribution in [0.3, 0.4) is 0 Å². The molecule has 1 aromatic heterocycles. The number of carbonyl (C=O) groups is 1. The summed E-state index contributed by atoms with van der Waals surface area (Å²) in [6.45, 7) is 0. The molecule has 0 amide bonds. The molecule has 0 N–H and O–H groups in total. The molecular formula is C15H11Cl2NO2. The molecule has 0 spiro atoms. The molecule has 0 aliphatic carbocycles. The summed E-state index contributed by atoms with van der Waals surface area (Å²) in [4.78, 5) is 12.2. The van der Waals surface area contributed by atoms with E-state index in [1.54, 1.807) is 30.5 Å². The summed E-state index contributed by atoms with van der Waals surface area (Å²) in [5.74, 6) is -0.347. The molecule has 102 valence electrons. The van der Waals surface area contributed by atoms with Crippen LogP contribution in [-0.2, 0) is 11.2 Å². The Balaban J connectivity index is 2.11. The largest absolute Gasteiger partial charge is 0.469 e. The number of carbonyl (C=O) groups excluding carboxylic acids is 1. The predicted octanol–water partition coefficient (Wildman–Crippen LogP) is 4.40. The molecule has 0 aliphatic rings. The van der Waals surface area contributed by atoms with E-state index in [2.05, 4.69) is 0 Å². The van der Waals surface area contributed by atoms with Crippen molar-refractivity contribution in [3.05, 3.63) is 58.0 Å². The van der Waals surface area contributed by atoms with Crippen molar-refractivity contribution in [1.82, 2.24) is 0 Å². The quantitative estimate of drug-likeness (QED) is 0.823. The molecule has 0 bridgehead atoms. The maximum atomic E-state index is 12.2. The third kappa shape index (κ3) is 3.41. The highest BCUT2D eigenvalue weighted by atomic mass is 35.5. The Kier molecular flexibility index (Phi) is 4.84. The summed E-state index contributed by atoms with van der Waals surface area (Å²) in [5.41, 5.74) is 0.489. The lowest BCUT2D eigenvalue weighted by Gasteiger charge is -2.10. The third-order valence-corrected chi connectivity index (χ3v) is 3.48. The van der Waals surface area contributed by atoms with E-state index in [1.165, 1.54) is 6.07 Å². The number of halogens is 2. The molecule has 0 saturated carbocycles. The van der Waals surface area contributed by atoms with Crippen molar-refractivity contribution in [3.63, 3.8) is 0 Å².